The van der Waals surface area contributed by atoms with Gasteiger partial charge in [-0.1, -0.05) is 24.4 Å². The molecule has 0 unspecified atom stereocenters. The fourth-order valence-corrected chi connectivity index (χ4v) is 5.68. The maximum absolute atomic E-state index is 11.7. The number of rotatable bonds is 7. The van der Waals surface area contributed by atoms with Crippen LogP contribution in [-0.2, 0) is 4.79 Å². The third-order valence-electron chi connectivity index (χ3n) is 7.05. The molecule has 2 fully saturated rings. The zero-order valence-electron chi connectivity index (χ0n) is 18.6. The van der Waals surface area contributed by atoms with Gasteiger partial charge in [-0.3, -0.25) is 9.69 Å². The van der Waals surface area contributed by atoms with E-state index in [0.29, 0.717) is 29.7 Å². The molecule has 4 N–H and O–H groups in total. The molecular weight excluding hydrogens is 438 g/mol. The Labute approximate surface area is 198 Å². The van der Waals surface area contributed by atoms with E-state index in [4.69, 9.17) is 22.3 Å². The van der Waals surface area contributed by atoms with Gasteiger partial charge in [-0.15, -0.1) is 0 Å². The largest absolute Gasteiger partial charge is 0.369 e. The lowest BCUT2D eigenvalue weighted by molar-refractivity contribution is -0.120. The zero-order valence-corrected chi connectivity index (χ0v) is 19.4. The van der Waals surface area contributed by atoms with Gasteiger partial charge in [-0.25, -0.2) is 15.0 Å². The standard InChI is InChI=1S/C24H30ClN7O/c25-21-12-20(19-13-28-23-18(19)6-3-11-27-23)30-24(31-21)29-15-7-9-17(10-8-15)32(14-22(26)33)16-4-1-2-5-16/h3,6,11-13,15-17H,1-2,4-5,7-10,14H2,(H2,26,33)(H,27,28)(H,29,30,31). The normalized spacial score (nSPS) is 21.6. The summed E-state index contributed by atoms with van der Waals surface area (Å²) in [5.74, 6) is 0.318. The molecule has 3 aromatic rings. The monoisotopic (exact) mass is 467 g/mol. The second-order valence-corrected chi connectivity index (χ2v) is 9.62. The number of halogens is 1. The zero-order chi connectivity index (χ0) is 22.8. The Morgan fingerprint density at radius 3 is 2.67 bits per heavy atom. The minimum Gasteiger partial charge on any atom is -0.369 e. The van der Waals surface area contributed by atoms with Crippen molar-refractivity contribution >= 4 is 34.5 Å². The van der Waals surface area contributed by atoms with E-state index < -0.39 is 0 Å². The number of aromatic amines is 1. The predicted molar refractivity (Wildman–Crippen MR) is 130 cm³/mol. The molecule has 33 heavy (non-hydrogen) atoms. The molecule has 0 radical (unpaired) electrons. The minimum absolute atomic E-state index is 0.227. The van der Waals surface area contributed by atoms with Crippen LogP contribution in [0.1, 0.15) is 51.4 Å². The molecule has 8 nitrogen and oxygen atoms in total. The van der Waals surface area contributed by atoms with Crippen LogP contribution in [0.4, 0.5) is 5.95 Å². The Bertz CT molecular complexity index is 1120. The van der Waals surface area contributed by atoms with E-state index in [1.807, 2.05) is 18.3 Å². The molecule has 0 atom stereocenters. The number of fused-ring (bicyclic) bond motifs is 1. The number of nitrogens with one attached hydrogen (secondary N) is 2. The number of nitrogens with two attached hydrogens (primary N) is 1. The summed E-state index contributed by atoms with van der Waals surface area (Å²) in [6.45, 7) is 0.369. The lowest BCUT2D eigenvalue weighted by atomic mass is 9.89. The quantitative estimate of drug-likeness (QED) is 0.450. The first-order valence-electron chi connectivity index (χ1n) is 11.8. The Balaban J connectivity index is 1.27. The van der Waals surface area contributed by atoms with E-state index in [0.717, 1.165) is 48.0 Å². The molecule has 3 heterocycles. The third-order valence-corrected chi connectivity index (χ3v) is 7.25. The minimum atomic E-state index is -0.227. The van der Waals surface area contributed by atoms with Gasteiger partial charge in [0.2, 0.25) is 11.9 Å². The number of anilines is 1. The van der Waals surface area contributed by atoms with E-state index in [9.17, 15) is 4.79 Å². The average Bonchev–Trinajstić information content (AvgIpc) is 3.48. The summed E-state index contributed by atoms with van der Waals surface area (Å²) in [6.07, 6.45) is 12.6. The average molecular weight is 468 g/mol. The molecule has 9 heteroatoms. The fourth-order valence-electron chi connectivity index (χ4n) is 5.49. The van der Waals surface area contributed by atoms with Crippen LogP contribution in [-0.4, -0.2) is 55.4 Å². The van der Waals surface area contributed by atoms with E-state index >= 15 is 0 Å². The number of H-pyrrole nitrogens is 1. The molecule has 5 rings (SSSR count). The number of amides is 1. The second kappa shape index (κ2) is 9.65. The maximum atomic E-state index is 11.7. The van der Waals surface area contributed by atoms with Crippen molar-refractivity contribution in [1.82, 2.24) is 24.8 Å². The van der Waals surface area contributed by atoms with Gasteiger partial charge in [-0.2, -0.15) is 0 Å². The molecule has 0 aliphatic heterocycles. The van der Waals surface area contributed by atoms with Crippen molar-refractivity contribution in [2.45, 2.75) is 69.5 Å². The number of carbonyl (C=O) groups is 1. The summed E-state index contributed by atoms with van der Waals surface area (Å²) in [5.41, 5.74) is 8.10. The summed E-state index contributed by atoms with van der Waals surface area (Å²) in [5, 5.41) is 4.91. The lowest BCUT2D eigenvalue weighted by Crippen LogP contribution is -2.48. The first-order valence-corrected chi connectivity index (χ1v) is 12.2. The van der Waals surface area contributed by atoms with Crippen molar-refractivity contribution < 1.29 is 4.79 Å². The molecule has 0 saturated heterocycles. The van der Waals surface area contributed by atoms with Gasteiger partial charge in [0.05, 0.1) is 12.2 Å². The van der Waals surface area contributed by atoms with Crippen molar-refractivity contribution in [3.05, 3.63) is 35.7 Å². The molecule has 0 spiro atoms. The first kappa shape index (κ1) is 22.1. The SMILES string of the molecule is NC(=O)CN(C1CCCC1)C1CCC(Nc2nc(Cl)cc(-c3c[nH]c4ncccc34)n2)CC1. The molecule has 0 aromatic carbocycles. The van der Waals surface area contributed by atoms with Gasteiger partial charge in [0, 0.05) is 47.5 Å². The number of hydrogen-bond acceptors (Lipinski definition) is 6. The summed E-state index contributed by atoms with van der Waals surface area (Å²) in [6, 6.07) is 6.89. The van der Waals surface area contributed by atoms with Crippen molar-refractivity contribution in [2.24, 2.45) is 5.73 Å². The molecule has 1 amide bonds. The highest BCUT2D eigenvalue weighted by Gasteiger charge is 2.32. The Kier molecular flexibility index (Phi) is 6.46. The van der Waals surface area contributed by atoms with Crippen LogP contribution in [0.25, 0.3) is 22.3 Å². The van der Waals surface area contributed by atoms with Crippen molar-refractivity contribution in [2.75, 3.05) is 11.9 Å². The van der Waals surface area contributed by atoms with E-state index in [-0.39, 0.29) is 11.9 Å². The molecule has 2 aliphatic rings. The summed E-state index contributed by atoms with van der Waals surface area (Å²) < 4.78 is 0. The van der Waals surface area contributed by atoms with E-state index in [2.05, 4.69) is 25.2 Å². The lowest BCUT2D eigenvalue weighted by Gasteiger charge is -2.39. The van der Waals surface area contributed by atoms with Crippen LogP contribution in [0, 0.1) is 0 Å². The fraction of sp³-hybridized carbons (Fsp3) is 0.500. The summed E-state index contributed by atoms with van der Waals surface area (Å²) in [4.78, 5) is 30.8. The molecule has 0 bridgehead atoms. The molecule has 174 valence electrons. The third kappa shape index (κ3) is 4.96. The van der Waals surface area contributed by atoms with E-state index in [1.54, 1.807) is 12.3 Å². The number of hydrogen-bond donors (Lipinski definition) is 3. The molecule has 2 aliphatic carbocycles. The highest BCUT2D eigenvalue weighted by atomic mass is 35.5. The van der Waals surface area contributed by atoms with Crippen molar-refractivity contribution in [3.63, 3.8) is 0 Å². The second-order valence-electron chi connectivity index (χ2n) is 9.23. The van der Waals surface area contributed by atoms with Crippen LogP contribution >= 0.6 is 11.6 Å². The van der Waals surface area contributed by atoms with Crippen molar-refractivity contribution in [3.8, 4) is 11.3 Å². The van der Waals surface area contributed by atoms with Gasteiger partial charge in [0.15, 0.2) is 0 Å². The van der Waals surface area contributed by atoms with Crippen LogP contribution in [0.15, 0.2) is 30.6 Å². The summed E-state index contributed by atoms with van der Waals surface area (Å²) in [7, 11) is 0. The van der Waals surface area contributed by atoms with Gasteiger partial charge < -0.3 is 16.0 Å². The molecule has 3 aromatic heterocycles. The Morgan fingerprint density at radius 2 is 1.91 bits per heavy atom. The number of primary amides is 1. The van der Waals surface area contributed by atoms with Crippen LogP contribution < -0.4 is 11.1 Å². The molecular formula is C24H30ClN7O. The number of pyridine rings is 1. The van der Waals surface area contributed by atoms with Crippen LogP contribution in [0.5, 0.6) is 0 Å². The van der Waals surface area contributed by atoms with Crippen LogP contribution in [0.2, 0.25) is 5.15 Å². The first-order chi connectivity index (χ1) is 16.1. The van der Waals surface area contributed by atoms with Gasteiger partial charge >= 0.3 is 0 Å². The number of nitrogens with zero attached hydrogens (tertiary/aromatic N) is 4. The maximum Gasteiger partial charge on any atom is 0.231 e. The Morgan fingerprint density at radius 1 is 1.15 bits per heavy atom. The van der Waals surface area contributed by atoms with Gasteiger partial charge in [0.1, 0.15) is 10.8 Å². The smallest absolute Gasteiger partial charge is 0.231 e. The topological polar surface area (TPSA) is 113 Å². The van der Waals surface area contributed by atoms with E-state index in [1.165, 1.54) is 25.7 Å². The Hall–Kier alpha value is -2.71. The van der Waals surface area contributed by atoms with Crippen LogP contribution in [0.3, 0.4) is 0 Å². The van der Waals surface area contributed by atoms with Gasteiger partial charge in [0.25, 0.3) is 0 Å². The highest BCUT2D eigenvalue weighted by molar-refractivity contribution is 6.29. The summed E-state index contributed by atoms with van der Waals surface area (Å²) >= 11 is 6.35. The number of aromatic nitrogens is 4. The number of carbonyl (C=O) groups excluding carboxylic acids is 1. The van der Waals surface area contributed by atoms with Gasteiger partial charge in [-0.05, 0) is 50.7 Å². The molecule has 2 saturated carbocycles. The highest BCUT2D eigenvalue weighted by Crippen LogP contribution is 2.32. The van der Waals surface area contributed by atoms with Crippen molar-refractivity contribution in [1.29, 1.82) is 0 Å². The predicted octanol–water partition coefficient (Wildman–Crippen LogP) is 4.13.